The molecule has 6 heteroatoms. The van der Waals surface area contributed by atoms with Gasteiger partial charge in [0.05, 0.1) is 35.4 Å². The number of rotatable bonds is 6. The number of aromatic nitrogens is 3. The van der Waals surface area contributed by atoms with Crippen molar-refractivity contribution < 1.29 is 4.74 Å². The summed E-state index contributed by atoms with van der Waals surface area (Å²) in [7, 11) is 1.68. The van der Waals surface area contributed by atoms with E-state index in [0.29, 0.717) is 0 Å². The van der Waals surface area contributed by atoms with Crippen molar-refractivity contribution >= 4 is 11.3 Å². The molecule has 0 aliphatic heterocycles. The molecule has 0 radical (unpaired) electrons. The summed E-state index contributed by atoms with van der Waals surface area (Å²) in [5, 5.41) is 7.89. The first-order valence-electron chi connectivity index (χ1n) is 6.45. The lowest BCUT2D eigenvalue weighted by Crippen LogP contribution is -2.25. The molecule has 0 saturated carbocycles. The molecule has 0 fully saturated rings. The monoisotopic (exact) mass is 280 g/mol. The molecule has 0 spiro atoms. The molecular formula is C13H20N4OS. The summed E-state index contributed by atoms with van der Waals surface area (Å²) in [6, 6.07) is 0.0786. The van der Waals surface area contributed by atoms with Crippen LogP contribution in [0.15, 0.2) is 11.7 Å². The van der Waals surface area contributed by atoms with Crippen LogP contribution in [-0.4, -0.2) is 28.4 Å². The number of ether oxygens (including phenoxy) is 1. The topological polar surface area (TPSA) is 52.0 Å². The van der Waals surface area contributed by atoms with Gasteiger partial charge in [-0.15, -0.1) is 11.3 Å². The van der Waals surface area contributed by atoms with Crippen LogP contribution in [0.3, 0.4) is 0 Å². The van der Waals surface area contributed by atoms with E-state index in [1.807, 2.05) is 17.1 Å². The lowest BCUT2D eigenvalue weighted by Gasteiger charge is -2.19. The largest absolute Gasteiger partial charge is 0.493 e. The van der Waals surface area contributed by atoms with Crippen molar-refractivity contribution in [2.24, 2.45) is 0 Å². The van der Waals surface area contributed by atoms with Gasteiger partial charge in [-0.1, -0.05) is 6.92 Å². The molecule has 0 bridgehead atoms. The van der Waals surface area contributed by atoms with Crippen molar-refractivity contribution in [3.8, 4) is 5.75 Å². The minimum absolute atomic E-state index is 0.0786. The number of aryl methyl sites for hydroxylation is 2. The van der Waals surface area contributed by atoms with Gasteiger partial charge in [0.25, 0.3) is 0 Å². The average molecular weight is 280 g/mol. The fourth-order valence-electron chi connectivity index (χ4n) is 2.18. The zero-order valence-corrected chi connectivity index (χ0v) is 12.6. The van der Waals surface area contributed by atoms with E-state index < -0.39 is 0 Å². The Hall–Kier alpha value is -1.40. The molecule has 19 heavy (non-hydrogen) atoms. The second kappa shape index (κ2) is 6.16. The van der Waals surface area contributed by atoms with Crippen LogP contribution in [0.5, 0.6) is 5.75 Å². The molecule has 104 valence electrons. The molecule has 0 aliphatic rings. The molecule has 0 saturated heterocycles. The standard InChI is InChI=1S/C13H20N4OS/c1-5-14-11(13-9(3)15-8-19-13)12-10(18-4)7-16-17(12)6-2/h7-8,11,14H,5-6H2,1-4H3. The Morgan fingerprint density at radius 1 is 1.47 bits per heavy atom. The van der Waals surface area contributed by atoms with Crippen LogP contribution in [0.1, 0.15) is 36.2 Å². The first kappa shape index (κ1) is 14.0. The molecule has 1 unspecified atom stereocenters. The first-order valence-corrected chi connectivity index (χ1v) is 7.33. The quantitative estimate of drug-likeness (QED) is 0.882. The Labute approximate surface area is 117 Å². The molecule has 0 aromatic carbocycles. The third-order valence-corrected chi connectivity index (χ3v) is 4.09. The number of thiazole rings is 1. The summed E-state index contributed by atoms with van der Waals surface area (Å²) in [5.41, 5.74) is 4.01. The molecule has 1 atom stereocenters. The van der Waals surface area contributed by atoms with Crippen LogP contribution >= 0.6 is 11.3 Å². The molecule has 2 heterocycles. The van der Waals surface area contributed by atoms with Gasteiger partial charge in [0.1, 0.15) is 5.69 Å². The van der Waals surface area contributed by atoms with Gasteiger partial charge in [-0.3, -0.25) is 4.68 Å². The summed E-state index contributed by atoms with van der Waals surface area (Å²) in [6.07, 6.45) is 1.78. The highest BCUT2D eigenvalue weighted by molar-refractivity contribution is 7.09. The van der Waals surface area contributed by atoms with Gasteiger partial charge in [0.2, 0.25) is 0 Å². The van der Waals surface area contributed by atoms with Gasteiger partial charge in [-0.2, -0.15) is 5.10 Å². The number of methoxy groups -OCH3 is 1. The van der Waals surface area contributed by atoms with E-state index in [4.69, 9.17) is 4.74 Å². The van der Waals surface area contributed by atoms with E-state index in [9.17, 15) is 0 Å². The van der Waals surface area contributed by atoms with Crippen LogP contribution in [0.25, 0.3) is 0 Å². The van der Waals surface area contributed by atoms with Crippen LogP contribution in [0.2, 0.25) is 0 Å². The lowest BCUT2D eigenvalue weighted by atomic mass is 10.1. The summed E-state index contributed by atoms with van der Waals surface area (Å²) in [6.45, 7) is 7.91. The second-order valence-corrected chi connectivity index (χ2v) is 5.09. The van der Waals surface area contributed by atoms with Gasteiger partial charge in [0, 0.05) is 6.54 Å². The summed E-state index contributed by atoms with van der Waals surface area (Å²) < 4.78 is 7.43. The molecule has 2 rings (SSSR count). The Balaban J connectivity index is 2.50. The fourth-order valence-corrected chi connectivity index (χ4v) is 3.06. The molecule has 1 N–H and O–H groups in total. The van der Waals surface area contributed by atoms with E-state index >= 15 is 0 Å². The average Bonchev–Trinajstić information content (AvgIpc) is 3.01. The molecular weight excluding hydrogens is 260 g/mol. The lowest BCUT2D eigenvalue weighted by molar-refractivity contribution is 0.400. The van der Waals surface area contributed by atoms with Crippen molar-refractivity contribution in [2.75, 3.05) is 13.7 Å². The van der Waals surface area contributed by atoms with E-state index in [0.717, 1.165) is 30.2 Å². The van der Waals surface area contributed by atoms with E-state index in [1.54, 1.807) is 24.6 Å². The van der Waals surface area contributed by atoms with Gasteiger partial charge in [-0.25, -0.2) is 4.98 Å². The van der Waals surface area contributed by atoms with Crippen molar-refractivity contribution in [3.05, 3.63) is 28.0 Å². The number of hydrogen-bond acceptors (Lipinski definition) is 5. The Kier molecular flexibility index (Phi) is 4.55. The van der Waals surface area contributed by atoms with Gasteiger partial charge in [0.15, 0.2) is 5.75 Å². The highest BCUT2D eigenvalue weighted by Gasteiger charge is 2.25. The first-order chi connectivity index (χ1) is 9.22. The van der Waals surface area contributed by atoms with Crippen LogP contribution in [-0.2, 0) is 6.54 Å². The van der Waals surface area contributed by atoms with Crippen molar-refractivity contribution in [1.29, 1.82) is 0 Å². The highest BCUT2D eigenvalue weighted by Crippen LogP contribution is 2.33. The SMILES string of the molecule is CCNC(c1scnc1C)c1c(OC)cnn1CC. The number of hydrogen-bond donors (Lipinski definition) is 1. The maximum absolute atomic E-state index is 5.45. The molecule has 0 amide bonds. The second-order valence-electron chi connectivity index (χ2n) is 4.21. The molecule has 2 aromatic rings. The number of nitrogens with zero attached hydrogens (tertiary/aromatic N) is 3. The van der Waals surface area contributed by atoms with E-state index in [2.05, 4.69) is 29.2 Å². The maximum atomic E-state index is 5.45. The molecule has 2 aromatic heterocycles. The van der Waals surface area contributed by atoms with Crippen molar-refractivity contribution in [3.63, 3.8) is 0 Å². The zero-order valence-electron chi connectivity index (χ0n) is 11.8. The fraction of sp³-hybridized carbons (Fsp3) is 0.538. The Morgan fingerprint density at radius 3 is 2.79 bits per heavy atom. The van der Waals surface area contributed by atoms with Crippen LogP contribution < -0.4 is 10.1 Å². The van der Waals surface area contributed by atoms with Crippen LogP contribution in [0, 0.1) is 6.92 Å². The van der Waals surface area contributed by atoms with Gasteiger partial charge < -0.3 is 10.1 Å². The third-order valence-electron chi connectivity index (χ3n) is 3.09. The van der Waals surface area contributed by atoms with E-state index in [1.165, 1.54) is 4.88 Å². The summed E-state index contributed by atoms with van der Waals surface area (Å²) in [5.74, 6) is 0.820. The van der Waals surface area contributed by atoms with Gasteiger partial charge >= 0.3 is 0 Å². The Morgan fingerprint density at radius 2 is 2.26 bits per heavy atom. The molecule has 5 nitrogen and oxygen atoms in total. The zero-order chi connectivity index (χ0) is 13.8. The van der Waals surface area contributed by atoms with Crippen molar-refractivity contribution in [1.82, 2.24) is 20.1 Å². The van der Waals surface area contributed by atoms with Gasteiger partial charge in [-0.05, 0) is 20.4 Å². The summed E-state index contributed by atoms with van der Waals surface area (Å²) in [4.78, 5) is 5.57. The maximum Gasteiger partial charge on any atom is 0.161 e. The summed E-state index contributed by atoms with van der Waals surface area (Å²) >= 11 is 1.66. The Bertz CT molecular complexity index is 513. The normalized spacial score (nSPS) is 12.6. The smallest absolute Gasteiger partial charge is 0.161 e. The number of nitrogens with one attached hydrogen (secondary N) is 1. The molecule has 0 aliphatic carbocycles. The van der Waals surface area contributed by atoms with Crippen molar-refractivity contribution in [2.45, 2.75) is 33.4 Å². The minimum atomic E-state index is 0.0786. The van der Waals surface area contributed by atoms with Crippen LogP contribution in [0.4, 0.5) is 0 Å². The third kappa shape index (κ3) is 2.64. The predicted molar refractivity (Wildman–Crippen MR) is 76.8 cm³/mol. The minimum Gasteiger partial charge on any atom is -0.493 e. The highest BCUT2D eigenvalue weighted by atomic mass is 32.1. The predicted octanol–water partition coefficient (Wildman–Crippen LogP) is 2.38. The van der Waals surface area contributed by atoms with E-state index in [-0.39, 0.29) is 6.04 Å².